The summed E-state index contributed by atoms with van der Waals surface area (Å²) in [6, 6.07) is 8.22. The minimum absolute atomic E-state index is 0.0336. The number of benzene rings is 1. The van der Waals surface area contributed by atoms with Gasteiger partial charge in [0, 0.05) is 19.5 Å². The molecule has 0 saturated carbocycles. The molecule has 1 heterocycles. The van der Waals surface area contributed by atoms with E-state index >= 15 is 0 Å². The van der Waals surface area contributed by atoms with Crippen LogP contribution >= 0.6 is 0 Å². The van der Waals surface area contributed by atoms with Crippen LogP contribution in [0.5, 0.6) is 0 Å². The van der Waals surface area contributed by atoms with Gasteiger partial charge in [-0.25, -0.2) is 4.98 Å². The van der Waals surface area contributed by atoms with Gasteiger partial charge in [-0.3, -0.25) is 14.6 Å². The third-order valence-corrected chi connectivity index (χ3v) is 3.85. The highest BCUT2D eigenvalue weighted by Gasteiger charge is 2.30. The van der Waals surface area contributed by atoms with Gasteiger partial charge >= 0.3 is 7.12 Å². The van der Waals surface area contributed by atoms with E-state index in [-0.39, 0.29) is 25.5 Å². The van der Waals surface area contributed by atoms with Crippen LogP contribution in [0.2, 0.25) is 0 Å². The molecule has 0 aliphatic rings. The van der Waals surface area contributed by atoms with Crippen LogP contribution in [-0.4, -0.2) is 71.3 Å². The van der Waals surface area contributed by atoms with Gasteiger partial charge in [0.2, 0.25) is 5.91 Å². The van der Waals surface area contributed by atoms with Gasteiger partial charge in [-0.05, 0) is 5.56 Å². The van der Waals surface area contributed by atoms with Crippen molar-refractivity contribution >= 4 is 18.9 Å². The van der Waals surface area contributed by atoms with Crippen LogP contribution in [0.4, 0.5) is 0 Å². The number of carbonyl (C=O) groups excluding carboxylic acids is 2. The molecule has 2 rings (SSSR count). The van der Waals surface area contributed by atoms with Crippen molar-refractivity contribution in [2.24, 2.45) is 0 Å². The molecule has 0 aliphatic heterocycles. The molecule has 11 heteroatoms. The zero-order valence-corrected chi connectivity index (χ0v) is 15.9. The lowest BCUT2D eigenvalue weighted by molar-refractivity contribution is -0.125. The lowest BCUT2D eigenvalue weighted by Crippen LogP contribution is -2.56. The van der Waals surface area contributed by atoms with E-state index in [0.717, 1.165) is 5.56 Å². The molecule has 0 bridgehead atoms. The van der Waals surface area contributed by atoms with E-state index in [1.807, 2.05) is 30.3 Å². The number of methoxy groups -OCH3 is 1. The second-order valence-corrected chi connectivity index (χ2v) is 6.10. The largest absolute Gasteiger partial charge is 0.477 e. The quantitative estimate of drug-likeness (QED) is 0.348. The van der Waals surface area contributed by atoms with Crippen molar-refractivity contribution in [1.29, 1.82) is 0 Å². The second kappa shape index (κ2) is 11.9. The van der Waals surface area contributed by atoms with E-state index in [0.29, 0.717) is 0 Å². The average molecular weight is 402 g/mol. The summed E-state index contributed by atoms with van der Waals surface area (Å²) < 4.78 is 10.4. The molecule has 2 aromatic rings. The summed E-state index contributed by atoms with van der Waals surface area (Å²) in [5, 5.41) is 24.0. The molecule has 0 saturated heterocycles. The monoisotopic (exact) mass is 402 g/mol. The van der Waals surface area contributed by atoms with Crippen LogP contribution in [-0.2, 0) is 20.9 Å². The number of hydrogen-bond donors (Lipinski definition) is 4. The number of nitrogens with one attached hydrogen (secondary N) is 2. The Bertz CT molecular complexity index is 765. The Hall–Kier alpha value is -2.86. The van der Waals surface area contributed by atoms with Gasteiger partial charge in [-0.2, -0.15) is 0 Å². The smallest absolute Gasteiger partial charge is 0.426 e. The van der Waals surface area contributed by atoms with Gasteiger partial charge in [-0.1, -0.05) is 30.3 Å². The minimum Gasteiger partial charge on any atom is -0.426 e. The van der Waals surface area contributed by atoms with E-state index < -0.39 is 30.9 Å². The molecule has 2 amide bonds. The molecule has 2 atom stereocenters. The number of ether oxygens (including phenoxy) is 2. The normalized spacial score (nSPS) is 12.7. The fourth-order valence-electron chi connectivity index (χ4n) is 2.36. The molecule has 0 aliphatic carbocycles. The first-order chi connectivity index (χ1) is 14.0. The molecule has 4 N–H and O–H groups in total. The van der Waals surface area contributed by atoms with Gasteiger partial charge in [0.05, 0.1) is 32.0 Å². The van der Waals surface area contributed by atoms with Gasteiger partial charge < -0.3 is 30.2 Å². The summed E-state index contributed by atoms with van der Waals surface area (Å²) in [4.78, 5) is 32.4. The van der Waals surface area contributed by atoms with E-state index in [9.17, 15) is 19.6 Å². The highest BCUT2D eigenvalue weighted by atomic mass is 16.5. The average Bonchev–Trinajstić information content (AvgIpc) is 2.73. The zero-order chi connectivity index (χ0) is 21.1. The Morgan fingerprint density at radius 3 is 2.52 bits per heavy atom. The van der Waals surface area contributed by atoms with Gasteiger partial charge in [0.1, 0.15) is 11.7 Å². The molecule has 0 unspecified atom stereocenters. The van der Waals surface area contributed by atoms with Crippen molar-refractivity contribution in [1.82, 2.24) is 20.6 Å². The summed E-state index contributed by atoms with van der Waals surface area (Å²) in [5.41, 5.74) is 0.935. The lowest BCUT2D eigenvalue weighted by atomic mass is 9.80. The number of amides is 2. The molecule has 0 spiro atoms. The van der Waals surface area contributed by atoms with Crippen molar-refractivity contribution in [3.8, 4) is 0 Å². The number of carbonyl (C=O) groups is 2. The van der Waals surface area contributed by atoms with Crippen LogP contribution < -0.4 is 10.6 Å². The Morgan fingerprint density at radius 1 is 1.14 bits per heavy atom. The van der Waals surface area contributed by atoms with E-state index in [1.165, 1.54) is 25.7 Å². The molecule has 0 fully saturated rings. The van der Waals surface area contributed by atoms with Crippen LogP contribution in [0.3, 0.4) is 0 Å². The van der Waals surface area contributed by atoms with Crippen molar-refractivity contribution in [3.63, 3.8) is 0 Å². The Balaban J connectivity index is 1.92. The fraction of sp³-hybridized carbons (Fsp3) is 0.333. The first-order valence-corrected chi connectivity index (χ1v) is 8.85. The van der Waals surface area contributed by atoms with Crippen molar-refractivity contribution in [2.75, 3.05) is 20.3 Å². The molecule has 1 aromatic heterocycles. The maximum atomic E-state index is 12.5. The fourth-order valence-corrected chi connectivity index (χ4v) is 2.36. The van der Waals surface area contributed by atoms with E-state index in [2.05, 4.69) is 20.6 Å². The van der Waals surface area contributed by atoms with Crippen molar-refractivity contribution in [2.45, 2.75) is 18.6 Å². The number of aromatic nitrogens is 2. The maximum absolute atomic E-state index is 12.5. The Morgan fingerprint density at radius 2 is 1.90 bits per heavy atom. The summed E-state index contributed by atoms with van der Waals surface area (Å²) in [6.45, 7) is -0.0299. The summed E-state index contributed by atoms with van der Waals surface area (Å²) in [7, 11) is -0.482. The molecule has 29 heavy (non-hydrogen) atoms. The molecule has 0 radical (unpaired) electrons. The van der Waals surface area contributed by atoms with Gasteiger partial charge in [-0.15, -0.1) is 0 Å². The minimum atomic E-state index is -1.85. The van der Waals surface area contributed by atoms with Crippen molar-refractivity contribution < 1.29 is 29.1 Å². The standard InChI is InChI=1S/C18H23BN4O6/c1-28-11-15(22-17(24)14-9-20-7-8-21-14)18(25)23-16(19(26)27)12-29-10-13-5-3-2-4-6-13/h2-9,15-16,26-27H,10-12H2,1H3,(H,22,24)(H,23,25)/t15-,16+/m1/s1. The Kier molecular flexibility index (Phi) is 9.18. The summed E-state index contributed by atoms with van der Waals surface area (Å²) >= 11 is 0. The third kappa shape index (κ3) is 7.58. The Labute approximate surface area is 168 Å². The molecule has 10 nitrogen and oxygen atoms in total. The SMILES string of the molecule is COC[C@@H](NC(=O)c1cnccn1)C(=O)N[C@@H](COCc1ccccc1)B(O)O. The van der Waals surface area contributed by atoms with Crippen LogP contribution in [0.1, 0.15) is 16.1 Å². The van der Waals surface area contributed by atoms with Gasteiger partial charge in [0.25, 0.3) is 5.91 Å². The summed E-state index contributed by atoms with van der Waals surface area (Å²) in [6.07, 6.45) is 4.02. The van der Waals surface area contributed by atoms with Crippen LogP contribution in [0.25, 0.3) is 0 Å². The predicted octanol–water partition coefficient (Wildman–Crippen LogP) is -1.06. The summed E-state index contributed by atoms with van der Waals surface area (Å²) in [5.74, 6) is -2.37. The molecule has 154 valence electrons. The number of rotatable bonds is 11. The third-order valence-electron chi connectivity index (χ3n) is 3.85. The van der Waals surface area contributed by atoms with E-state index in [4.69, 9.17) is 9.47 Å². The van der Waals surface area contributed by atoms with E-state index in [1.54, 1.807) is 0 Å². The topological polar surface area (TPSA) is 143 Å². The highest BCUT2D eigenvalue weighted by molar-refractivity contribution is 6.43. The maximum Gasteiger partial charge on any atom is 0.477 e. The molecular formula is C18H23BN4O6. The second-order valence-electron chi connectivity index (χ2n) is 6.10. The number of nitrogens with zero attached hydrogens (tertiary/aromatic N) is 2. The van der Waals surface area contributed by atoms with Crippen molar-refractivity contribution in [3.05, 3.63) is 60.2 Å². The zero-order valence-electron chi connectivity index (χ0n) is 15.9. The first-order valence-electron chi connectivity index (χ1n) is 8.85. The van der Waals surface area contributed by atoms with Crippen LogP contribution in [0.15, 0.2) is 48.9 Å². The number of hydrogen-bond acceptors (Lipinski definition) is 8. The highest BCUT2D eigenvalue weighted by Crippen LogP contribution is 2.02. The molecular weight excluding hydrogens is 379 g/mol. The first kappa shape index (κ1) is 22.4. The van der Waals surface area contributed by atoms with Crippen LogP contribution in [0, 0.1) is 0 Å². The lowest BCUT2D eigenvalue weighted by Gasteiger charge is -2.22. The van der Waals surface area contributed by atoms with Gasteiger partial charge in [0.15, 0.2) is 0 Å². The predicted molar refractivity (Wildman–Crippen MR) is 103 cm³/mol. The molecule has 1 aromatic carbocycles.